The van der Waals surface area contributed by atoms with Gasteiger partial charge in [0.05, 0.1) is 23.9 Å². The van der Waals surface area contributed by atoms with Crippen LogP contribution in [0.15, 0.2) is 16.7 Å². The first-order valence-electron chi connectivity index (χ1n) is 6.97. The molecule has 1 atom stereocenters. The van der Waals surface area contributed by atoms with Gasteiger partial charge < -0.3 is 20.2 Å². The Balaban J connectivity index is 2.70. The summed E-state index contributed by atoms with van der Waals surface area (Å²) in [6.45, 7) is 7.55. The van der Waals surface area contributed by atoms with E-state index < -0.39 is 17.7 Å². The van der Waals surface area contributed by atoms with Crippen LogP contribution in [0.3, 0.4) is 0 Å². The molecule has 0 aliphatic heterocycles. The fraction of sp³-hybridized carbons (Fsp3) is 0.438. The number of rotatable bonds is 3. The summed E-state index contributed by atoms with van der Waals surface area (Å²) in [5.74, 6) is -0.451. The van der Waals surface area contributed by atoms with E-state index in [0.29, 0.717) is 11.3 Å². The van der Waals surface area contributed by atoms with Crippen molar-refractivity contribution in [2.45, 2.75) is 39.4 Å². The van der Waals surface area contributed by atoms with Crippen LogP contribution in [0.2, 0.25) is 0 Å². The van der Waals surface area contributed by atoms with E-state index in [0.717, 1.165) is 20.9 Å². The molecule has 0 spiro atoms. The number of hydrogen-bond acceptors (Lipinski definition) is 4. The Morgan fingerprint density at radius 2 is 2.05 bits per heavy atom. The number of halogens is 1. The topological polar surface area (TPSA) is 77.3 Å². The average molecular weight is 369 g/mol. The minimum absolute atomic E-state index is 0.451. The lowest BCUT2D eigenvalue weighted by Crippen LogP contribution is -2.29. The number of aromatic nitrogens is 1. The summed E-state index contributed by atoms with van der Waals surface area (Å²) < 4.78 is 11.7. The van der Waals surface area contributed by atoms with E-state index in [9.17, 15) is 4.79 Å². The normalized spacial score (nSPS) is 13.4. The van der Waals surface area contributed by atoms with Gasteiger partial charge in [0.1, 0.15) is 0 Å². The molecule has 1 heterocycles. The molecule has 2 rings (SSSR count). The van der Waals surface area contributed by atoms with Crippen LogP contribution in [0.1, 0.15) is 38.0 Å². The van der Waals surface area contributed by atoms with Gasteiger partial charge in [-0.1, -0.05) is 0 Å². The van der Waals surface area contributed by atoms with Gasteiger partial charge in [-0.2, -0.15) is 0 Å². The second-order valence-corrected chi connectivity index (χ2v) is 6.96. The molecule has 0 bridgehead atoms. The summed E-state index contributed by atoms with van der Waals surface area (Å²) in [5.41, 5.74) is 8.64. The van der Waals surface area contributed by atoms with E-state index in [-0.39, 0.29) is 0 Å². The zero-order chi connectivity index (χ0) is 16.7. The second-order valence-electron chi connectivity index (χ2n) is 6.17. The van der Waals surface area contributed by atoms with Crippen molar-refractivity contribution < 1.29 is 14.3 Å². The van der Waals surface area contributed by atoms with Crippen LogP contribution >= 0.6 is 15.9 Å². The van der Waals surface area contributed by atoms with Crippen molar-refractivity contribution >= 4 is 38.5 Å². The van der Waals surface area contributed by atoms with E-state index >= 15 is 0 Å². The van der Waals surface area contributed by atoms with Crippen LogP contribution in [0, 0.1) is 6.92 Å². The minimum Gasteiger partial charge on any atom is -0.467 e. The highest BCUT2D eigenvalue weighted by atomic mass is 79.9. The first kappa shape index (κ1) is 16.8. The van der Waals surface area contributed by atoms with Crippen LogP contribution in [0.25, 0.3) is 10.9 Å². The smallest absolute Gasteiger partial charge is 0.339 e. The maximum atomic E-state index is 12.3. The molecule has 2 aromatic rings. The molecular formula is C16H21BrN2O3. The molecule has 0 radical (unpaired) electrons. The predicted octanol–water partition coefficient (Wildman–Crippen LogP) is 3.85. The third-order valence-electron chi connectivity index (χ3n) is 3.45. The second kappa shape index (κ2) is 5.93. The molecule has 0 saturated heterocycles. The fourth-order valence-electron chi connectivity index (χ4n) is 2.41. The summed E-state index contributed by atoms with van der Waals surface area (Å²) in [6.07, 6.45) is 0.966. The maximum Gasteiger partial charge on any atom is 0.339 e. The Morgan fingerprint density at radius 1 is 1.41 bits per heavy atom. The SMILES string of the molecule is COC(=O)[C@@H](OC(C)(C)C)c1c(C)c(N)c2[nH]ccc2c1Br. The summed E-state index contributed by atoms with van der Waals surface area (Å²) in [5, 5.41) is 0.907. The largest absolute Gasteiger partial charge is 0.467 e. The molecule has 5 nitrogen and oxygen atoms in total. The quantitative estimate of drug-likeness (QED) is 0.636. The molecule has 1 aromatic carbocycles. The Bertz CT molecular complexity index is 716. The average Bonchev–Trinajstić information content (AvgIpc) is 2.91. The van der Waals surface area contributed by atoms with Crippen LogP contribution in [-0.4, -0.2) is 23.7 Å². The standard InChI is InChI=1S/C16H21BrN2O3/c1-8-10(14(15(20)21-5)22-16(2,3)4)11(17)9-6-7-19-13(9)12(8)18/h6-7,14,19H,18H2,1-5H3/t14-/m0/s1. The van der Waals surface area contributed by atoms with Crippen LogP contribution in [0.5, 0.6) is 0 Å². The number of benzene rings is 1. The Hall–Kier alpha value is -1.53. The fourth-order valence-corrected chi connectivity index (χ4v) is 3.25. The molecular weight excluding hydrogens is 348 g/mol. The Kier molecular flexibility index (Phi) is 4.54. The number of ether oxygens (including phenoxy) is 2. The van der Waals surface area contributed by atoms with Gasteiger partial charge in [-0.25, -0.2) is 4.79 Å². The molecule has 0 aliphatic carbocycles. The molecule has 6 heteroatoms. The molecule has 0 unspecified atom stereocenters. The predicted molar refractivity (Wildman–Crippen MR) is 90.7 cm³/mol. The molecule has 120 valence electrons. The number of nitrogens with two attached hydrogens (primary N) is 1. The van der Waals surface area contributed by atoms with E-state index in [1.54, 1.807) is 0 Å². The lowest BCUT2D eigenvalue weighted by atomic mass is 9.98. The summed E-state index contributed by atoms with van der Waals surface area (Å²) in [7, 11) is 1.35. The molecule has 1 aromatic heterocycles. The van der Waals surface area contributed by atoms with Crippen LogP contribution in [0.4, 0.5) is 5.69 Å². The van der Waals surface area contributed by atoms with E-state index in [1.807, 2.05) is 40.0 Å². The molecule has 0 aliphatic rings. The molecule has 22 heavy (non-hydrogen) atoms. The number of fused-ring (bicyclic) bond motifs is 1. The number of aromatic amines is 1. The number of nitrogen functional groups attached to an aromatic ring is 1. The number of methoxy groups -OCH3 is 1. The highest BCUT2D eigenvalue weighted by Crippen LogP contribution is 2.41. The zero-order valence-corrected chi connectivity index (χ0v) is 15.0. The molecule has 0 amide bonds. The van der Waals surface area contributed by atoms with Crippen molar-refractivity contribution in [1.29, 1.82) is 0 Å². The van der Waals surface area contributed by atoms with Gasteiger partial charge in [0.2, 0.25) is 0 Å². The first-order chi connectivity index (χ1) is 10.2. The number of H-pyrrole nitrogens is 1. The summed E-state index contributed by atoms with van der Waals surface area (Å²) >= 11 is 3.59. The number of carbonyl (C=O) groups excluding carboxylic acids is 1. The van der Waals surface area contributed by atoms with Crippen molar-refractivity contribution in [2.24, 2.45) is 0 Å². The van der Waals surface area contributed by atoms with Crippen molar-refractivity contribution in [3.8, 4) is 0 Å². The monoisotopic (exact) mass is 368 g/mol. The van der Waals surface area contributed by atoms with Crippen molar-refractivity contribution in [2.75, 3.05) is 12.8 Å². The van der Waals surface area contributed by atoms with Crippen molar-refractivity contribution in [1.82, 2.24) is 4.98 Å². The van der Waals surface area contributed by atoms with Crippen molar-refractivity contribution in [3.63, 3.8) is 0 Å². The van der Waals surface area contributed by atoms with Crippen LogP contribution < -0.4 is 5.73 Å². The summed E-state index contributed by atoms with van der Waals surface area (Å²) in [4.78, 5) is 15.4. The molecule has 3 N–H and O–H groups in total. The van der Waals surface area contributed by atoms with Gasteiger partial charge in [-0.15, -0.1) is 0 Å². The van der Waals surface area contributed by atoms with Gasteiger partial charge in [0.25, 0.3) is 0 Å². The highest BCUT2D eigenvalue weighted by Gasteiger charge is 2.32. The van der Waals surface area contributed by atoms with E-state index in [2.05, 4.69) is 20.9 Å². The van der Waals surface area contributed by atoms with Gasteiger partial charge in [-0.05, 0) is 55.3 Å². The molecule has 0 saturated carbocycles. The number of anilines is 1. The van der Waals surface area contributed by atoms with E-state index in [1.165, 1.54) is 7.11 Å². The van der Waals surface area contributed by atoms with Crippen molar-refractivity contribution in [3.05, 3.63) is 27.9 Å². The zero-order valence-electron chi connectivity index (χ0n) is 13.4. The number of carbonyl (C=O) groups is 1. The third-order valence-corrected chi connectivity index (χ3v) is 4.30. The van der Waals surface area contributed by atoms with Crippen LogP contribution in [-0.2, 0) is 14.3 Å². The molecule has 0 fully saturated rings. The minimum atomic E-state index is -0.846. The number of esters is 1. The van der Waals surface area contributed by atoms with Gasteiger partial charge in [-0.3, -0.25) is 0 Å². The summed E-state index contributed by atoms with van der Waals surface area (Å²) in [6, 6.07) is 1.91. The highest BCUT2D eigenvalue weighted by molar-refractivity contribution is 9.10. The third kappa shape index (κ3) is 2.98. The maximum absolute atomic E-state index is 12.3. The van der Waals surface area contributed by atoms with Gasteiger partial charge in [0.15, 0.2) is 6.10 Å². The lowest BCUT2D eigenvalue weighted by Gasteiger charge is -2.28. The lowest BCUT2D eigenvalue weighted by molar-refractivity contribution is -0.164. The first-order valence-corrected chi connectivity index (χ1v) is 7.77. The van der Waals surface area contributed by atoms with Gasteiger partial charge >= 0.3 is 5.97 Å². The van der Waals surface area contributed by atoms with E-state index in [4.69, 9.17) is 15.2 Å². The number of hydrogen-bond donors (Lipinski definition) is 2. The van der Waals surface area contributed by atoms with Gasteiger partial charge in [0, 0.05) is 21.6 Å². The number of nitrogens with one attached hydrogen (secondary N) is 1. The Labute approximate surface area is 138 Å². The Morgan fingerprint density at radius 3 is 2.59 bits per heavy atom.